The predicted octanol–water partition coefficient (Wildman–Crippen LogP) is 4.39. The summed E-state index contributed by atoms with van der Waals surface area (Å²) in [5.41, 5.74) is 7.78. The summed E-state index contributed by atoms with van der Waals surface area (Å²) in [7, 11) is 0. The van der Waals surface area contributed by atoms with Crippen molar-refractivity contribution in [3.8, 4) is 0 Å². The Kier molecular flexibility index (Phi) is 8.34. The fourth-order valence-electron chi connectivity index (χ4n) is 4.87. The summed E-state index contributed by atoms with van der Waals surface area (Å²) in [4.78, 5) is 44.9. The molecule has 0 bridgehead atoms. The Hall–Kier alpha value is -3.88. The number of hydrogen-bond donors (Lipinski definition) is 4. The van der Waals surface area contributed by atoms with Crippen molar-refractivity contribution in [1.29, 1.82) is 0 Å². The van der Waals surface area contributed by atoms with Gasteiger partial charge in [-0.25, -0.2) is 9.78 Å². The first-order chi connectivity index (χ1) is 18.1. The first-order valence-corrected chi connectivity index (χ1v) is 13.2. The van der Waals surface area contributed by atoms with Gasteiger partial charge in [0.1, 0.15) is 11.4 Å². The zero-order valence-corrected chi connectivity index (χ0v) is 22.3. The lowest BCUT2D eigenvalue weighted by Gasteiger charge is -2.29. The van der Waals surface area contributed by atoms with Crippen molar-refractivity contribution in [2.24, 2.45) is 17.6 Å². The van der Waals surface area contributed by atoms with E-state index in [4.69, 9.17) is 15.5 Å². The highest BCUT2D eigenvalue weighted by Gasteiger charge is 2.29. The van der Waals surface area contributed by atoms with Gasteiger partial charge in [-0.05, 0) is 82.6 Å². The largest absolute Gasteiger partial charge is 0.444 e. The van der Waals surface area contributed by atoms with Crippen LogP contribution < -0.4 is 16.4 Å². The Morgan fingerprint density at radius 3 is 2.45 bits per heavy atom. The fraction of sp³-hybridized carbons (Fsp3) is 0.448. The monoisotopic (exact) mass is 519 g/mol. The van der Waals surface area contributed by atoms with Gasteiger partial charge in [-0.15, -0.1) is 0 Å². The topological polar surface area (TPSA) is 139 Å². The second-order valence-corrected chi connectivity index (χ2v) is 11.1. The van der Waals surface area contributed by atoms with Crippen LogP contribution >= 0.6 is 0 Å². The summed E-state index contributed by atoms with van der Waals surface area (Å²) in [5, 5.41) is 6.08. The first-order valence-electron chi connectivity index (χ1n) is 13.2. The van der Waals surface area contributed by atoms with Crippen molar-refractivity contribution in [3.05, 3.63) is 65.5 Å². The SMILES string of the molecule is CC(C)(C)OC(=O)NCC1CCC(C(=O)N[C@@H](Cc2ccccc2)c2nc3ccc(C(N)=O)cc3[nH]2)CC1. The second kappa shape index (κ2) is 11.7. The number of nitrogens with one attached hydrogen (secondary N) is 3. The van der Waals surface area contributed by atoms with Gasteiger partial charge in [0.05, 0.1) is 17.1 Å². The van der Waals surface area contributed by atoms with Crippen LogP contribution in [0.25, 0.3) is 11.0 Å². The molecule has 3 amide bonds. The van der Waals surface area contributed by atoms with Crippen LogP contribution in [-0.2, 0) is 16.0 Å². The lowest BCUT2D eigenvalue weighted by molar-refractivity contribution is -0.127. The molecule has 0 spiro atoms. The summed E-state index contributed by atoms with van der Waals surface area (Å²) < 4.78 is 5.32. The average Bonchev–Trinajstić information content (AvgIpc) is 3.30. The molecule has 9 nitrogen and oxygen atoms in total. The minimum atomic E-state index is -0.528. The predicted molar refractivity (Wildman–Crippen MR) is 145 cm³/mol. The van der Waals surface area contributed by atoms with Gasteiger partial charge in [-0.3, -0.25) is 9.59 Å². The number of benzene rings is 2. The van der Waals surface area contributed by atoms with Gasteiger partial charge in [-0.2, -0.15) is 0 Å². The first kappa shape index (κ1) is 27.2. The van der Waals surface area contributed by atoms with Gasteiger partial charge in [0, 0.05) is 18.0 Å². The molecule has 1 aliphatic carbocycles. The molecule has 3 aromatic rings. The Balaban J connectivity index is 1.40. The highest BCUT2D eigenvalue weighted by molar-refractivity contribution is 5.96. The van der Waals surface area contributed by atoms with Crippen molar-refractivity contribution in [1.82, 2.24) is 20.6 Å². The number of nitrogens with two attached hydrogens (primary N) is 1. The maximum Gasteiger partial charge on any atom is 0.407 e. The minimum Gasteiger partial charge on any atom is -0.444 e. The van der Waals surface area contributed by atoms with Gasteiger partial charge in [0.25, 0.3) is 0 Å². The maximum absolute atomic E-state index is 13.4. The maximum atomic E-state index is 13.4. The number of imidazole rings is 1. The number of H-pyrrole nitrogens is 1. The normalized spacial score (nSPS) is 18.5. The third-order valence-corrected chi connectivity index (χ3v) is 6.87. The number of ether oxygens (including phenoxy) is 1. The molecule has 0 radical (unpaired) electrons. The standard InChI is InChI=1S/C29H37N5O4/c1-29(2,3)38-28(37)31-17-19-9-11-20(12-10-19)27(36)34-24(15-18-7-5-4-6-8-18)26-32-22-14-13-21(25(30)35)16-23(22)33-26/h4-8,13-14,16,19-20,24H,9-12,15,17H2,1-3H3,(H2,30,35)(H,31,37)(H,32,33)(H,34,36)/t19?,20?,24-/m0/s1. The number of rotatable bonds is 8. The van der Waals surface area contributed by atoms with Gasteiger partial charge in [0.15, 0.2) is 0 Å². The molecule has 1 fully saturated rings. The Morgan fingerprint density at radius 2 is 1.79 bits per heavy atom. The molecular weight excluding hydrogens is 482 g/mol. The smallest absolute Gasteiger partial charge is 0.407 e. The fourth-order valence-corrected chi connectivity index (χ4v) is 4.87. The number of aromatic amines is 1. The number of amides is 3. The van der Waals surface area contributed by atoms with Gasteiger partial charge in [0.2, 0.25) is 11.8 Å². The zero-order chi connectivity index (χ0) is 27.3. The van der Waals surface area contributed by atoms with Crippen LogP contribution in [0.4, 0.5) is 4.79 Å². The average molecular weight is 520 g/mol. The van der Waals surface area contributed by atoms with Crippen molar-refractivity contribution in [3.63, 3.8) is 0 Å². The minimum absolute atomic E-state index is 0.00256. The van der Waals surface area contributed by atoms with Crippen LogP contribution in [0, 0.1) is 11.8 Å². The van der Waals surface area contributed by atoms with E-state index in [0.29, 0.717) is 41.3 Å². The van der Waals surface area contributed by atoms with Crippen molar-refractivity contribution < 1.29 is 19.1 Å². The number of hydrogen-bond acceptors (Lipinski definition) is 5. The molecule has 1 heterocycles. The third kappa shape index (κ3) is 7.34. The highest BCUT2D eigenvalue weighted by atomic mass is 16.6. The van der Waals surface area contributed by atoms with E-state index in [0.717, 1.165) is 31.2 Å². The van der Waals surface area contributed by atoms with Crippen LogP contribution in [-0.4, -0.2) is 40.0 Å². The number of carbonyl (C=O) groups is 3. The molecule has 5 N–H and O–H groups in total. The molecule has 38 heavy (non-hydrogen) atoms. The van der Waals surface area contributed by atoms with E-state index in [9.17, 15) is 14.4 Å². The molecule has 9 heteroatoms. The molecule has 0 saturated heterocycles. The number of primary amides is 1. The van der Waals surface area contributed by atoms with Gasteiger partial charge >= 0.3 is 6.09 Å². The van der Waals surface area contributed by atoms with E-state index in [1.807, 2.05) is 51.1 Å². The van der Waals surface area contributed by atoms with Gasteiger partial charge < -0.3 is 26.1 Å². The summed E-state index contributed by atoms with van der Waals surface area (Å²) in [6.45, 7) is 6.06. The molecule has 4 rings (SSSR count). The molecule has 1 saturated carbocycles. The van der Waals surface area contributed by atoms with E-state index >= 15 is 0 Å². The summed E-state index contributed by atoms with van der Waals surface area (Å²) in [6.07, 6.45) is 3.40. The molecule has 2 aromatic carbocycles. The highest BCUT2D eigenvalue weighted by Crippen LogP contribution is 2.30. The summed E-state index contributed by atoms with van der Waals surface area (Å²) in [5.74, 6) is 0.351. The molecule has 202 valence electrons. The van der Waals surface area contributed by atoms with Crippen molar-refractivity contribution >= 4 is 28.9 Å². The van der Waals surface area contributed by atoms with Crippen LogP contribution in [0.5, 0.6) is 0 Å². The van der Waals surface area contributed by atoms with Crippen molar-refractivity contribution in [2.45, 2.75) is 64.5 Å². The number of aromatic nitrogens is 2. The van der Waals surface area contributed by atoms with E-state index in [-0.39, 0.29) is 17.9 Å². The quantitative estimate of drug-likeness (QED) is 0.349. The van der Waals surface area contributed by atoms with E-state index in [1.165, 1.54) is 0 Å². The lowest BCUT2D eigenvalue weighted by Crippen LogP contribution is -2.39. The van der Waals surface area contributed by atoms with Crippen molar-refractivity contribution in [2.75, 3.05) is 6.54 Å². The van der Waals surface area contributed by atoms with E-state index in [2.05, 4.69) is 15.6 Å². The van der Waals surface area contributed by atoms with E-state index < -0.39 is 17.6 Å². The van der Waals surface area contributed by atoms with Crippen LogP contribution in [0.1, 0.15) is 74.2 Å². The number of alkyl carbamates (subject to hydrolysis) is 1. The summed E-state index contributed by atoms with van der Waals surface area (Å²) >= 11 is 0. The molecule has 1 aromatic heterocycles. The number of carbonyl (C=O) groups excluding carboxylic acids is 3. The summed E-state index contributed by atoms with van der Waals surface area (Å²) in [6, 6.07) is 14.7. The van der Waals surface area contributed by atoms with Crippen LogP contribution in [0.3, 0.4) is 0 Å². The number of fused-ring (bicyclic) bond motifs is 1. The van der Waals surface area contributed by atoms with Crippen LogP contribution in [0.15, 0.2) is 48.5 Å². The molecule has 1 aliphatic rings. The molecular formula is C29H37N5O4. The zero-order valence-electron chi connectivity index (χ0n) is 22.3. The molecule has 1 atom stereocenters. The molecule has 0 aliphatic heterocycles. The Labute approximate surface area is 222 Å². The van der Waals surface area contributed by atoms with Crippen LogP contribution in [0.2, 0.25) is 0 Å². The number of nitrogens with zero attached hydrogens (tertiary/aromatic N) is 1. The lowest BCUT2D eigenvalue weighted by atomic mass is 9.81. The Bertz CT molecular complexity index is 1270. The van der Waals surface area contributed by atoms with Gasteiger partial charge in [-0.1, -0.05) is 30.3 Å². The molecule has 0 unspecified atom stereocenters. The second-order valence-electron chi connectivity index (χ2n) is 11.1. The van der Waals surface area contributed by atoms with E-state index in [1.54, 1.807) is 18.2 Å². The third-order valence-electron chi connectivity index (χ3n) is 6.87. The Morgan fingerprint density at radius 1 is 1.08 bits per heavy atom.